The van der Waals surface area contributed by atoms with Crippen LogP contribution in [0.25, 0.3) is 33.2 Å². The first-order valence-electron chi connectivity index (χ1n) is 33.5. The number of rotatable bonds is 33. The van der Waals surface area contributed by atoms with Gasteiger partial charge in [-0.15, -0.1) is 0 Å². The molecule has 6 aromatic rings. The summed E-state index contributed by atoms with van der Waals surface area (Å²) in [5.74, 6) is -10.7. The molecule has 105 heavy (non-hydrogen) atoms. The van der Waals surface area contributed by atoms with Gasteiger partial charge in [-0.1, -0.05) is 42.4 Å². The van der Waals surface area contributed by atoms with Crippen LogP contribution >= 0.6 is 21.6 Å². The van der Waals surface area contributed by atoms with Crippen molar-refractivity contribution in [2.24, 2.45) is 0 Å². The summed E-state index contributed by atoms with van der Waals surface area (Å²) in [6, 6.07) is 6.36. The number of hydrogen-bond donors (Lipinski definition) is 14. The lowest BCUT2D eigenvalue weighted by Gasteiger charge is -2.23. The summed E-state index contributed by atoms with van der Waals surface area (Å²) in [4.78, 5) is 178. The summed E-state index contributed by atoms with van der Waals surface area (Å²) >= 11 is 0. The zero-order chi connectivity index (χ0) is 76.9. The molecule has 0 spiro atoms. The number of nitrogen functional groups attached to an aromatic ring is 1. The van der Waals surface area contributed by atoms with E-state index in [1.165, 1.54) is 44.5 Å². The summed E-state index contributed by atoms with van der Waals surface area (Å²) in [5, 5.41) is 35.3. The number of carboxylic acids is 2. The van der Waals surface area contributed by atoms with Gasteiger partial charge >= 0.3 is 17.9 Å². The van der Waals surface area contributed by atoms with Crippen molar-refractivity contribution >= 4 is 136 Å². The molecular weight excluding hydrogens is 1420 g/mol. The van der Waals surface area contributed by atoms with E-state index >= 15 is 0 Å². The molecule has 0 saturated carbocycles. The van der Waals surface area contributed by atoms with E-state index in [0.29, 0.717) is 67.1 Å². The van der Waals surface area contributed by atoms with E-state index < -0.39 is 125 Å². The van der Waals surface area contributed by atoms with Crippen molar-refractivity contribution in [1.82, 2.24) is 71.9 Å². The zero-order valence-corrected chi connectivity index (χ0v) is 61.8. The van der Waals surface area contributed by atoms with Gasteiger partial charge in [0.05, 0.1) is 87.6 Å². The lowest BCUT2D eigenvalue weighted by molar-refractivity contribution is -0.905. The van der Waals surface area contributed by atoms with Crippen LogP contribution in [-0.2, 0) is 61.4 Å². The topological polar surface area (TPSA) is 514 Å². The van der Waals surface area contributed by atoms with Crippen LogP contribution < -0.4 is 48.6 Å². The van der Waals surface area contributed by atoms with Crippen LogP contribution in [0.5, 0.6) is 0 Å². The van der Waals surface area contributed by atoms with Crippen molar-refractivity contribution < 1.29 is 80.5 Å². The monoisotopic (exact) mass is 1510 g/mol. The number of H-pyrrole nitrogens is 3. The van der Waals surface area contributed by atoms with E-state index in [0.717, 1.165) is 39.4 Å². The number of methoxy groups -OCH3 is 1. The number of carboxylic acid groups (broad SMARTS) is 2. The Morgan fingerprint density at radius 2 is 1.38 bits per heavy atom. The third-order valence-corrected chi connectivity index (χ3v) is 20.8. The van der Waals surface area contributed by atoms with Crippen LogP contribution in [0, 0.1) is 13.8 Å². The molecule has 1 aromatic carbocycles. The quantitative estimate of drug-likeness (QED) is 0.00526. The van der Waals surface area contributed by atoms with Gasteiger partial charge in [0.15, 0.2) is 16.9 Å². The number of fused-ring (bicyclic) bond motifs is 9. The van der Waals surface area contributed by atoms with Crippen molar-refractivity contribution in [3.05, 3.63) is 121 Å². The number of hydrogen-bond acceptors (Lipinski definition) is 23. The molecule has 562 valence electrons. The lowest BCUT2D eigenvalue weighted by Crippen LogP contribution is -2.54. The number of aromatic amines is 3. The van der Waals surface area contributed by atoms with E-state index in [9.17, 15) is 75.9 Å². The Labute approximate surface area is 610 Å². The second kappa shape index (κ2) is 34.9. The summed E-state index contributed by atoms with van der Waals surface area (Å²) in [6.45, 7) is 10.9. The molecule has 8 rings (SSSR count). The molecule has 0 fully saturated rings. The minimum Gasteiger partial charge on any atom is -0.480 e. The fourth-order valence-corrected chi connectivity index (χ4v) is 14.7. The number of aromatic nitrogens is 8. The van der Waals surface area contributed by atoms with Crippen molar-refractivity contribution in [3.63, 3.8) is 0 Å². The van der Waals surface area contributed by atoms with Gasteiger partial charge in [-0.3, -0.25) is 62.7 Å². The van der Waals surface area contributed by atoms with Crippen molar-refractivity contribution in [1.29, 1.82) is 0 Å². The first kappa shape index (κ1) is 80.3. The lowest BCUT2D eigenvalue weighted by atomic mass is 9.85. The number of carbonyl (C=O) groups is 10. The predicted octanol–water partition coefficient (Wildman–Crippen LogP) is 4.00. The number of nitrogens with zero attached hydrogens (tertiary/aromatic N) is 6. The van der Waals surface area contributed by atoms with Gasteiger partial charge in [-0.2, -0.15) is 18.8 Å². The van der Waals surface area contributed by atoms with Crippen LogP contribution in [0.4, 0.5) is 11.6 Å². The highest BCUT2D eigenvalue weighted by molar-refractivity contribution is 8.76. The molecule has 0 saturated heterocycles. The minimum absolute atomic E-state index is 0.0256. The van der Waals surface area contributed by atoms with Gasteiger partial charge in [0.1, 0.15) is 18.1 Å². The van der Waals surface area contributed by atoms with Gasteiger partial charge in [0.2, 0.25) is 29.6 Å². The molecule has 6 amide bonds. The second-order valence-corrected chi connectivity index (χ2v) is 30.5. The maximum atomic E-state index is 14.6. The Morgan fingerprint density at radius 1 is 0.733 bits per heavy atom. The molecule has 0 aliphatic carbocycles. The molecule has 2 aliphatic heterocycles. The van der Waals surface area contributed by atoms with Crippen LogP contribution in [0.2, 0.25) is 0 Å². The van der Waals surface area contributed by atoms with Crippen molar-refractivity contribution in [3.8, 4) is 0 Å². The van der Waals surface area contributed by atoms with Gasteiger partial charge in [-0.25, -0.2) is 24.1 Å². The highest BCUT2D eigenvalue weighted by Crippen LogP contribution is 2.44. The normalized spacial score (nSPS) is 15.9. The van der Waals surface area contributed by atoms with E-state index in [1.54, 1.807) is 21.1 Å². The van der Waals surface area contributed by atoms with E-state index in [-0.39, 0.29) is 100 Å². The summed E-state index contributed by atoms with van der Waals surface area (Å²) in [5.41, 5.74) is 16.0. The minimum atomic E-state index is -4.54. The summed E-state index contributed by atoms with van der Waals surface area (Å²) in [6.07, 6.45) is -0.120. The molecule has 0 radical (unpaired) electrons. The number of aryl methyl sites for hydroxylation is 2. The highest BCUT2D eigenvalue weighted by Gasteiger charge is 2.36. The smallest absolute Gasteiger partial charge is 0.327 e. The number of ether oxygens (including phenoxy) is 1. The molecule has 15 N–H and O–H groups in total. The van der Waals surface area contributed by atoms with Crippen LogP contribution in [0.15, 0.2) is 53.5 Å². The average Bonchev–Trinajstić information content (AvgIpc) is 1.60. The van der Waals surface area contributed by atoms with Crippen molar-refractivity contribution in [2.75, 3.05) is 69.7 Å². The molecule has 8 bridgehead atoms. The number of aliphatic carboxylic acids is 2. The fourth-order valence-electron chi connectivity index (χ4n) is 12.3. The van der Waals surface area contributed by atoms with Crippen LogP contribution in [0.3, 0.4) is 0 Å². The van der Waals surface area contributed by atoms with Gasteiger partial charge in [0, 0.05) is 112 Å². The predicted molar refractivity (Wildman–Crippen MR) is 391 cm³/mol. The average molecular weight is 1510 g/mol. The summed E-state index contributed by atoms with van der Waals surface area (Å²) in [7, 11) is 4.26. The molecule has 2 aliphatic rings. The number of amides is 6. The van der Waals surface area contributed by atoms with Gasteiger partial charge in [0.25, 0.3) is 27.5 Å². The first-order valence-corrected chi connectivity index (χ1v) is 37.6. The van der Waals surface area contributed by atoms with Crippen LogP contribution in [-0.4, -0.2) is 204 Å². The number of quaternary nitrogens is 1. The Bertz CT molecular complexity index is 4730. The Morgan fingerprint density at radius 3 is 2.04 bits per heavy atom. The number of anilines is 2. The van der Waals surface area contributed by atoms with Crippen LogP contribution in [0.1, 0.15) is 166 Å². The van der Waals surface area contributed by atoms with E-state index in [2.05, 4.69) is 81.1 Å². The third-order valence-electron chi connectivity index (χ3n) is 17.7. The standard InChI is InChI=1S/C68H85N17O17S3/c1-11-40-32(2)44-27-49-56(36(6)86)34(4)46(76-49)25-45-33(3)41(58(78-45)42(24-55(90)102-10)59-57(64(93)84-85(7,8)9)35(5)47(79-59)26-48(40)75-44)16-18-52(87)70-20-22-103-104-31-51(67(97)98)81-63(92)50(28-54(89)71-21-23-105(99,100)101)77-53(88)19-17-43(66(95)96)80-62(91)37-12-14-38(15-13-37)72-29-39-30-73-61-60(74-39)65(94)83-68(69)82-61/h12-15,25-27,30,32-33,40-41,43,50-51H,11,16-24,28-29,31H2,1-10H3,(H14-,69,70,71,72,73,74,75,76,77,78,79,80,81,82,83,84,86,87,88,89,91,92,93,94,95,96,97,98,99,100,101)/p+1/t32-,33+,40-,41+,43+,50+,51+/m1/s1. The molecule has 34 nitrogen and oxygen atoms in total. The number of benzene rings is 1. The molecule has 37 heteroatoms. The Kier molecular flexibility index (Phi) is 26.7. The Hall–Kier alpha value is -10.4. The Balaban J connectivity index is 0.917. The maximum absolute atomic E-state index is 14.6. The molecular formula is C68H86N17O17S3+. The summed E-state index contributed by atoms with van der Waals surface area (Å²) < 4.78 is 37.2. The molecule has 0 unspecified atom stereocenters. The highest BCUT2D eigenvalue weighted by atomic mass is 33.1. The molecule has 5 aromatic heterocycles. The first-order chi connectivity index (χ1) is 49.5. The van der Waals surface area contributed by atoms with E-state index in [1.807, 2.05) is 39.0 Å². The largest absolute Gasteiger partial charge is 0.480 e. The molecule has 7 heterocycles. The number of carbonyl (C=O) groups excluding carboxylic acids is 8. The zero-order valence-electron chi connectivity index (χ0n) is 59.4. The number of esters is 1. The van der Waals surface area contributed by atoms with Gasteiger partial charge < -0.3 is 62.6 Å². The number of ketones is 1. The molecule has 7 atom stereocenters. The number of nitrogens with one attached hydrogen (secondary N) is 10. The second-order valence-electron chi connectivity index (χ2n) is 26.3. The number of Topliss-reactive ketones (excluding diaryl/α,β-unsaturated/α-hetero) is 1. The third kappa shape index (κ3) is 21.2. The van der Waals surface area contributed by atoms with Gasteiger partial charge in [-0.05, 0) is 93.6 Å². The fraction of sp³-hybridized carbons (Fsp3) is 0.441. The van der Waals surface area contributed by atoms with Crippen molar-refractivity contribution in [2.45, 2.75) is 135 Å². The maximum Gasteiger partial charge on any atom is 0.327 e. The number of nitrogens with two attached hydrogens (primary N) is 1. The SMILES string of the molecule is CC[C@H]1c2cc3[nH]c(c(CC(=O)OC)c4nc(cc5[nH]c(cc(n2)[C@@H]1C)c(C(C)=O)c5C)[C@@H](C)[C@@H]4CCC(=O)NCCSSC[C@H](NC(=O)[C@H](CC(=O)NCCS(=O)(=O)O)NC(=O)CC[C@H](NC(=O)c1ccc(NCc2cnc4nc(N)[nH]c(=O)c4n2)cc1)C(=O)O)C(=O)O)c(C(=O)N[N+](C)(C)C)c3C. The van der Waals surface area contributed by atoms with E-state index in [4.69, 9.17) is 20.4 Å².